The summed E-state index contributed by atoms with van der Waals surface area (Å²) in [6, 6.07) is 8.08. The second-order valence-electron chi connectivity index (χ2n) is 5.97. The van der Waals surface area contributed by atoms with Crippen LogP contribution in [0.25, 0.3) is 0 Å². The average molecular weight is 345 g/mol. The lowest BCUT2D eigenvalue weighted by molar-refractivity contribution is -0.207. The summed E-state index contributed by atoms with van der Waals surface area (Å²) in [5.74, 6) is -0.362. The van der Waals surface area contributed by atoms with Crippen molar-refractivity contribution in [2.24, 2.45) is 0 Å². The molecule has 8 heteroatoms. The number of benzene rings is 1. The fraction of sp³-hybridized carbons (Fsp3) is 0.562. The maximum atomic E-state index is 12.3. The van der Waals surface area contributed by atoms with Crippen LogP contribution in [0, 0.1) is 0 Å². The lowest BCUT2D eigenvalue weighted by Gasteiger charge is -2.22. The minimum absolute atomic E-state index is 0.191. The summed E-state index contributed by atoms with van der Waals surface area (Å²) in [5.41, 5.74) is 2.45. The number of rotatable bonds is 7. The van der Waals surface area contributed by atoms with Crippen molar-refractivity contribution in [3.05, 3.63) is 29.8 Å². The molecule has 1 amide bonds. The van der Waals surface area contributed by atoms with E-state index in [0.717, 1.165) is 23.6 Å². The van der Waals surface area contributed by atoms with Gasteiger partial charge in [-0.05, 0) is 25.1 Å². The highest BCUT2D eigenvalue weighted by atomic mass is 19.4. The number of anilines is 1. The first-order valence-electron chi connectivity index (χ1n) is 7.80. The number of likely N-dealkylation sites (N-methyl/N-ethyl adjacent to an activating group) is 1. The van der Waals surface area contributed by atoms with Crippen LogP contribution in [0.2, 0.25) is 0 Å². The fourth-order valence-electron chi connectivity index (χ4n) is 2.73. The Morgan fingerprint density at radius 1 is 1.42 bits per heavy atom. The van der Waals surface area contributed by atoms with Crippen LogP contribution >= 0.6 is 0 Å². The second-order valence-corrected chi connectivity index (χ2v) is 5.97. The lowest BCUT2D eigenvalue weighted by atomic mass is 10.2. The van der Waals surface area contributed by atoms with E-state index < -0.39 is 18.8 Å². The molecule has 0 aromatic heterocycles. The van der Waals surface area contributed by atoms with Gasteiger partial charge in [0.15, 0.2) is 6.10 Å². The van der Waals surface area contributed by atoms with Gasteiger partial charge in [-0.15, -0.1) is 0 Å². The fourth-order valence-corrected chi connectivity index (χ4v) is 2.73. The summed E-state index contributed by atoms with van der Waals surface area (Å²) in [5, 5.41) is 11.7. The number of amides is 1. The molecule has 1 aromatic carbocycles. The molecule has 1 aliphatic rings. The van der Waals surface area contributed by atoms with Crippen molar-refractivity contribution in [1.82, 2.24) is 10.2 Å². The summed E-state index contributed by atoms with van der Waals surface area (Å²) >= 11 is 0. The van der Waals surface area contributed by atoms with E-state index in [1.165, 1.54) is 12.6 Å². The molecule has 134 valence electrons. The van der Waals surface area contributed by atoms with Crippen molar-refractivity contribution in [3.63, 3.8) is 0 Å². The van der Waals surface area contributed by atoms with E-state index in [4.69, 9.17) is 5.11 Å². The van der Waals surface area contributed by atoms with Crippen LogP contribution in [0.1, 0.15) is 5.56 Å². The van der Waals surface area contributed by atoms with Crippen molar-refractivity contribution >= 4 is 11.6 Å². The molecule has 1 unspecified atom stereocenters. The number of hydrogen-bond donors (Lipinski definition) is 2. The molecule has 0 saturated carbocycles. The number of nitrogens with zero attached hydrogens (tertiary/aromatic N) is 2. The Bertz CT molecular complexity index is 566. The maximum absolute atomic E-state index is 12.3. The van der Waals surface area contributed by atoms with Gasteiger partial charge in [-0.2, -0.15) is 13.2 Å². The van der Waals surface area contributed by atoms with Crippen LogP contribution in [0.5, 0.6) is 0 Å². The number of carbonyl (C=O) groups excluding carboxylic acids is 1. The molecule has 0 bridgehead atoms. The number of aliphatic hydroxyl groups excluding tert-OH is 1. The molecule has 1 aromatic rings. The Hall–Kier alpha value is -1.80. The van der Waals surface area contributed by atoms with Gasteiger partial charge in [-0.3, -0.25) is 9.69 Å². The zero-order valence-electron chi connectivity index (χ0n) is 13.5. The van der Waals surface area contributed by atoms with Gasteiger partial charge in [0.1, 0.15) is 0 Å². The van der Waals surface area contributed by atoms with Crippen molar-refractivity contribution in [3.8, 4) is 0 Å². The highest BCUT2D eigenvalue weighted by Crippen LogP contribution is 2.26. The maximum Gasteiger partial charge on any atom is 0.415 e. The minimum atomic E-state index is -4.67. The van der Waals surface area contributed by atoms with E-state index in [0.29, 0.717) is 13.1 Å². The van der Waals surface area contributed by atoms with Gasteiger partial charge in [-0.25, -0.2) is 0 Å². The Kier molecular flexibility index (Phi) is 6.06. The van der Waals surface area contributed by atoms with Crippen molar-refractivity contribution < 1.29 is 23.1 Å². The molecule has 0 spiro atoms. The first-order valence-corrected chi connectivity index (χ1v) is 7.80. The summed E-state index contributed by atoms with van der Waals surface area (Å²) in [6.45, 7) is 1.15. The molecule has 0 radical (unpaired) electrons. The lowest BCUT2D eigenvalue weighted by Crippen LogP contribution is -2.44. The van der Waals surface area contributed by atoms with Gasteiger partial charge in [0.25, 0.3) is 0 Å². The summed E-state index contributed by atoms with van der Waals surface area (Å²) < 4.78 is 36.8. The van der Waals surface area contributed by atoms with Crippen molar-refractivity contribution in [1.29, 1.82) is 0 Å². The van der Waals surface area contributed by atoms with Crippen molar-refractivity contribution in [2.45, 2.75) is 18.7 Å². The molecular formula is C16H22F3N3O2. The van der Waals surface area contributed by atoms with Crippen LogP contribution in [0.15, 0.2) is 24.3 Å². The zero-order chi connectivity index (χ0) is 17.7. The number of alkyl halides is 3. The van der Waals surface area contributed by atoms with Crippen LogP contribution in [0.3, 0.4) is 0 Å². The van der Waals surface area contributed by atoms with Gasteiger partial charge in [-0.1, -0.05) is 18.2 Å². The van der Waals surface area contributed by atoms with Crippen molar-refractivity contribution in [2.75, 3.05) is 44.7 Å². The third-order valence-electron chi connectivity index (χ3n) is 3.96. The molecule has 24 heavy (non-hydrogen) atoms. The molecule has 5 nitrogen and oxygen atoms in total. The van der Waals surface area contributed by atoms with Gasteiger partial charge in [0, 0.05) is 31.9 Å². The topological polar surface area (TPSA) is 55.8 Å². The normalized spacial score (nSPS) is 15.5. The van der Waals surface area contributed by atoms with E-state index in [1.54, 1.807) is 0 Å². The van der Waals surface area contributed by atoms with Crippen LogP contribution in [-0.2, 0) is 11.2 Å². The molecule has 1 atom stereocenters. The standard InChI is InChI=1S/C16H22F3N3O2/c1-21(10-14(23)16(17,18)19)11-15(24)20-7-9-22-8-6-12-4-2-3-5-13(12)22/h2-5,14,23H,6-11H2,1H3,(H,20,24). The van der Waals surface area contributed by atoms with E-state index in [2.05, 4.69) is 16.3 Å². The number of halogens is 3. The molecular weight excluding hydrogens is 323 g/mol. The third-order valence-corrected chi connectivity index (χ3v) is 3.96. The summed E-state index contributed by atoms with van der Waals surface area (Å²) in [7, 11) is 1.37. The number of hydrogen-bond acceptors (Lipinski definition) is 4. The van der Waals surface area contributed by atoms with E-state index in [-0.39, 0.29) is 12.5 Å². The molecule has 0 aliphatic carbocycles. The molecule has 2 rings (SSSR count). The number of carbonyl (C=O) groups is 1. The molecule has 0 fully saturated rings. The highest BCUT2D eigenvalue weighted by Gasteiger charge is 2.38. The molecule has 1 heterocycles. The second kappa shape index (κ2) is 7.85. The average Bonchev–Trinajstić information content (AvgIpc) is 2.89. The van der Waals surface area contributed by atoms with E-state index in [1.807, 2.05) is 18.2 Å². The first kappa shape index (κ1) is 18.5. The quantitative estimate of drug-likeness (QED) is 0.775. The third kappa shape index (κ3) is 5.10. The van der Waals surface area contributed by atoms with E-state index in [9.17, 15) is 18.0 Å². The van der Waals surface area contributed by atoms with Crippen LogP contribution in [0.4, 0.5) is 18.9 Å². The molecule has 2 N–H and O–H groups in total. The SMILES string of the molecule is CN(CC(=O)NCCN1CCc2ccccc21)CC(O)C(F)(F)F. The zero-order valence-corrected chi connectivity index (χ0v) is 13.5. The number of aliphatic hydroxyl groups is 1. The van der Waals surface area contributed by atoms with Crippen LogP contribution < -0.4 is 10.2 Å². The highest BCUT2D eigenvalue weighted by molar-refractivity contribution is 5.78. The number of para-hydroxylation sites is 1. The smallest absolute Gasteiger partial charge is 0.382 e. The van der Waals surface area contributed by atoms with Gasteiger partial charge in [0.05, 0.1) is 6.54 Å². The van der Waals surface area contributed by atoms with Gasteiger partial charge < -0.3 is 15.3 Å². The van der Waals surface area contributed by atoms with E-state index >= 15 is 0 Å². The summed E-state index contributed by atoms with van der Waals surface area (Å²) in [4.78, 5) is 15.1. The Balaban J connectivity index is 1.69. The summed E-state index contributed by atoms with van der Waals surface area (Å²) in [6.07, 6.45) is -6.15. The number of nitrogens with one attached hydrogen (secondary N) is 1. The Morgan fingerprint density at radius 3 is 2.83 bits per heavy atom. The number of fused-ring (bicyclic) bond motifs is 1. The Morgan fingerprint density at radius 2 is 2.12 bits per heavy atom. The van der Waals surface area contributed by atoms with Crippen LogP contribution in [-0.4, -0.2) is 68.0 Å². The predicted octanol–water partition coefficient (Wildman–Crippen LogP) is 1.02. The monoisotopic (exact) mass is 345 g/mol. The largest absolute Gasteiger partial charge is 0.415 e. The van der Waals surface area contributed by atoms with Gasteiger partial charge >= 0.3 is 6.18 Å². The predicted molar refractivity (Wildman–Crippen MR) is 84.9 cm³/mol. The first-order chi connectivity index (χ1) is 11.3. The molecule has 0 saturated heterocycles. The van der Waals surface area contributed by atoms with Gasteiger partial charge in [0.2, 0.25) is 5.91 Å². The Labute approximate surface area is 139 Å². The minimum Gasteiger partial charge on any atom is -0.382 e. The molecule has 1 aliphatic heterocycles.